The zero-order chi connectivity index (χ0) is 13.8. The van der Waals surface area contributed by atoms with E-state index in [1.54, 1.807) is 0 Å². The largest absolute Gasteiger partial charge is 0.478 e. The lowest BCUT2D eigenvalue weighted by Gasteiger charge is -2.21. The van der Waals surface area contributed by atoms with E-state index in [4.69, 9.17) is 9.84 Å². The van der Waals surface area contributed by atoms with Gasteiger partial charge >= 0.3 is 5.97 Å². The Bertz CT molecular complexity index is 499. The molecule has 1 aliphatic heterocycles. The van der Waals surface area contributed by atoms with Crippen LogP contribution in [0.4, 0.5) is 5.69 Å². The zero-order valence-electron chi connectivity index (χ0n) is 10.1. The molecule has 0 bridgehead atoms. The Kier molecular flexibility index (Phi) is 4.39. The number of non-ortho nitro benzene ring substituents is 1. The number of carboxylic acid groups (broad SMARTS) is 1. The molecule has 0 saturated carbocycles. The summed E-state index contributed by atoms with van der Waals surface area (Å²) in [7, 11) is 0. The summed E-state index contributed by atoms with van der Waals surface area (Å²) >= 11 is 1.39. The molecule has 0 amide bonds. The van der Waals surface area contributed by atoms with Crippen LogP contribution in [0.2, 0.25) is 0 Å². The van der Waals surface area contributed by atoms with Gasteiger partial charge in [0.2, 0.25) is 0 Å². The van der Waals surface area contributed by atoms with E-state index >= 15 is 0 Å². The lowest BCUT2D eigenvalue weighted by molar-refractivity contribution is -0.385. The quantitative estimate of drug-likeness (QED) is 0.674. The fourth-order valence-electron chi connectivity index (χ4n) is 1.87. The molecule has 0 radical (unpaired) electrons. The molecule has 1 aromatic carbocycles. The van der Waals surface area contributed by atoms with Gasteiger partial charge in [0.15, 0.2) is 0 Å². The highest BCUT2D eigenvalue weighted by Gasteiger charge is 2.21. The first-order valence-corrected chi connectivity index (χ1v) is 6.72. The SMILES string of the molecule is O=C(O)c1ccc([N+](=O)[O-])cc1SC1CCOCC1. The van der Waals surface area contributed by atoms with E-state index in [-0.39, 0.29) is 16.5 Å². The summed E-state index contributed by atoms with van der Waals surface area (Å²) in [6.45, 7) is 1.30. The highest BCUT2D eigenvalue weighted by Crippen LogP contribution is 2.34. The first-order chi connectivity index (χ1) is 9.08. The Balaban J connectivity index is 2.26. The molecule has 1 saturated heterocycles. The average Bonchev–Trinajstić information content (AvgIpc) is 2.39. The van der Waals surface area contributed by atoms with Crippen LogP contribution in [0.25, 0.3) is 0 Å². The standard InChI is InChI=1S/C12H13NO5S/c14-12(15)10-2-1-8(13(16)17)7-11(10)19-9-3-5-18-6-4-9/h1-2,7,9H,3-6H2,(H,14,15). The average molecular weight is 283 g/mol. The molecule has 6 nitrogen and oxygen atoms in total. The second kappa shape index (κ2) is 6.03. The third-order valence-electron chi connectivity index (χ3n) is 2.87. The first kappa shape index (κ1) is 13.8. The van der Waals surface area contributed by atoms with Crippen LogP contribution in [0, 0.1) is 10.1 Å². The Morgan fingerprint density at radius 1 is 1.42 bits per heavy atom. The summed E-state index contributed by atoms with van der Waals surface area (Å²) in [5.74, 6) is -1.07. The van der Waals surface area contributed by atoms with Crippen molar-refractivity contribution in [2.45, 2.75) is 23.0 Å². The number of thioether (sulfide) groups is 1. The maximum atomic E-state index is 11.1. The number of nitro benzene ring substituents is 1. The molecule has 1 aromatic rings. The van der Waals surface area contributed by atoms with Crippen LogP contribution in [0.15, 0.2) is 23.1 Å². The number of hydrogen-bond acceptors (Lipinski definition) is 5. The highest BCUT2D eigenvalue weighted by molar-refractivity contribution is 8.00. The van der Waals surface area contributed by atoms with Gasteiger partial charge in [0.25, 0.3) is 5.69 Å². The molecule has 0 aromatic heterocycles. The maximum absolute atomic E-state index is 11.1. The molecule has 1 N–H and O–H groups in total. The Morgan fingerprint density at radius 2 is 2.11 bits per heavy atom. The van der Waals surface area contributed by atoms with E-state index in [1.807, 2.05) is 0 Å². The molecular weight excluding hydrogens is 270 g/mol. The van der Waals surface area contributed by atoms with Crippen LogP contribution in [-0.2, 0) is 4.74 Å². The molecule has 1 fully saturated rings. The summed E-state index contributed by atoms with van der Waals surface area (Å²) in [5, 5.41) is 20.1. The summed E-state index contributed by atoms with van der Waals surface area (Å²) in [5.41, 5.74) is 0.0293. The van der Waals surface area contributed by atoms with Gasteiger partial charge < -0.3 is 9.84 Å². The van der Waals surface area contributed by atoms with Crippen molar-refractivity contribution >= 4 is 23.4 Å². The van der Waals surface area contributed by atoms with Crippen molar-refractivity contribution in [3.05, 3.63) is 33.9 Å². The van der Waals surface area contributed by atoms with E-state index in [0.717, 1.165) is 12.8 Å². The number of carbonyl (C=O) groups is 1. The van der Waals surface area contributed by atoms with E-state index in [0.29, 0.717) is 18.1 Å². The van der Waals surface area contributed by atoms with Crippen molar-refractivity contribution in [3.8, 4) is 0 Å². The molecule has 0 spiro atoms. The van der Waals surface area contributed by atoms with Gasteiger partial charge in [-0.05, 0) is 18.9 Å². The minimum atomic E-state index is -1.07. The predicted octanol–water partition coefficient (Wildman–Crippen LogP) is 2.56. The van der Waals surface area contributed by atoms with Crippen molar-refractivity contribution in [1.82, 2.24) is 0 Å². The second-order valence-corrected chi connectivity index (χ2v) is 5.51. The molecule has 7 heteroatoms. The summed E-state index contributed by atoms with van der Waals surface area (Å²) < 4.78 is 5.24. The topological polar surface area (TPSA) is 89.7 Å². The van der Waals surface area contributed by atoms with Gasteiger partial charge in [-0.3, -0.25) is 10.1 Å². The number of hydrogen-bond donors (Lipinski definition) is 1. The molecule has 0 atom stereocenters. The van der Waals surface area contributed by atoms with Gasteiger partial charge in [-0.25, -0.2) is 4.79 Å². The summed E-state index contributed by atoms with van der Waals surface area (Å²) in [6.07, 6.45) is 1.65. The van der Waals surface area contributed by atoms with Crippen molar-refractivity contribution in [2.75, 3.05) is 13.2 Å². The predicted molar refractivity (Wildman–Crippen MR) is 69.8 cm³/mol. The zero-order valence-corrected chi connectivity index (χ0v) is 10.9. The first-order valence-electron chi connectivity index (χ1n) is 5.84. The van der Waals surface area contributed by atoms with Gasteiger partial charge in [-0.15, -0.1) is 11.8 Å². The minimum Gasteiger partial charge on any atom is -0.478 e. The van der Waals surface area contributed by atoms with Crippen LogP contribution >= 0.6 is 11.8 Å². The maximum Gasteiger partial charge on any atom is 0.336 e. The van der Waals surface area contributed by atoms with Gasteiger partial charge in [0.05, 0.1) is 10.5 Å². The molecule has 1 aliphatic rings. The van der Waals surface area contributed by atoms with Gasteiger partial charge in [0.1, 0.15) is 0 Å². The lowest BCUT2D eigenvalue weighted by Crippen LogP contribution is -2.17. The van der Waals surface area contributed by atoms with Crippen LogP contribution in [-0.4, -0.2) is 34.5 Å². The number of carboxylic acids is 1. The smallest absolute Gasteiger partial charge is 0.336 e. The monoisotopic (exact) mass is 283 g/mol. The normalized spacial score (nSPS) is 16.2. The summed E-state index contributed by atoms with van der Waals surface area (Å²) in [4.78, 5) is 21.8. The van der Waals surface area contributed by atoms with E-state index < -0.39 is 10.9 Å². The summed E-state index contributed by atoms with van der Waals surface area (Å²) in [6, 6.07) is 3.85. The number of benzene rings is 1. The lowest BCUT2D eigenvalue weighted by atomic mass is 10.2. The second-order valence-electron chi connectivity index (χ2n) is 4.17. The number of aromatic carboxylic acids is 1. The third-order valence-corrected chi connectivity index (χ3v) is 4.26. The molecule has 2 rings (SSSR count). The third kappa shape index (κ3) is 3.45. The van der Waals surface area contributed by atoms with E-state index in [9.17, 15) is 14.9 Å². The van der Waals surface area contributed by atoms with Crippen LogP contribution in [0.1, 0.15) is 23.2 Å². The van der Waals surface area contributed by atoms with Crippen molar-refractivity contribution in [1.29, 1.82) is 0 Å². The Hall–Kier alpha value is -1.60. The number of rotatable bonds is 4. The van der Waals surface area contributed by atoms with Gasteiger partial charge in [-0.2, -0.15) is 0 Å². The van der Waals surface area contributed by atoms with Crippen molar-refractivity contribution < 1.29 is 19.6 Å². The van der Waals surface area contributed by atoms with Crippen LogP contribution < -0.4 is 0 Å². The van der Waals surface area contributed by atoms with E-state index in [2.05, 4.69) is 0 Å². The number of ether oxygens (including phenoxy) is 1. The molecular formula is C12H13NO5S. The fourth-order valence-corrected chi connectivity index (χ4v) is 3.13. The van der Waals surface area contributed by atoms with Crippen molar-refractivity contribution in [2.24, 2.45) is 0 Å². The van der Waals surface area contributed by atoms with Crippen LogP contribution in [0.3, 0.4) is 0 Å². The van der Waals surface area contributed by atoms with Gasteiger partial charge in [0, 0.05) is 35.5 Å². The minimum absolute atomic E-state index is 0.0837. The number of nitro groups is 1. The molecule has 1 heterocycles. The molecule has 0 aliphatic carbocycles. The van der Waals surface area contributed by atoms with Gasteiger partial charge in [-0.1, -0.05) is 0 Å². The molecule has 19 heavy (non-hydrogen) atoms. The van der Waals surface area contributed by atoms with Crippen LogP contribution in [0.5, 0.6) is 0 Å². The molecule has 0 unspecified atom stereocenters. The number of nitrogens with zero attached hydrogens (tertiary/aromatic N) is 1. The Labute approximate surface area is 113 Å². The highest BCUT2D eigenvalue weighted by atomic mass is 32.2. The Morgan fingerprint density at radius 3 is 2.68 bits per heavy atom. The van der Waals surface area contributed by atoms with Crippen molar-refractivity contribution in [3.63, 3.8) is 0 Å². The van der Waals surface area contributed by atoms with E-state index in [1.165, 1.54) is 30.0 Å². The fraction of sp³-hybridized carbons (Fsp3) is 0.417. The molecule has 102 valence electrons.